The Morgan fingerprint density at radius 1 is 1.00 bits per heavy atom. The zero-order valence-corrected chi connectivity index (χ0v) is 5.80. The summed E-state index contributed by atoms with van der Waals surface area (Å²) in [5.41, 5.74) is 0. The number of thiol groups is 2. The van der Waals surface area contributed by atoms with Crippen molar-refractivity contribution in [2.45, 2.75) is 4.58 Å². The zero-order chi connectivity index (χ0) is 7.44. The molecule has 1 radical (unpaired) electrons. The van der Waals surface area contributed by atoms with E-state index < -0.39 is 26.0 Å². The Morgan fingerprint density at radius 3 is 1.33 bits per heavy atom. The second-order valence-corrected chi connectivity index (χ2v) is 3.64. The van der Waals surface area contributed by atoms with Crippen LogP contribution in [0.3, 0.4) is 0 Å². The molecular formula is C2H3O5S2. The van der Waals surface area contributed by atoms with Crippen LogP contribution < -0.4 is 0 Å². The van der Waals surface area contributed by atoms with Crippen LogP contribution in [0.25, 0.3) is 0 Å². The third-order valence-electron chi connectivity index (χ3n) is 0.505. The minimum atomic E-state index is -3.22. The first-order chi connectivity index (χ1) is 4.09. The topological polar surface area (TPSA) is 85.3 Å². The molecule has 0 heterocycles. The minimum Gasteiger partial charge on any atom is -0.288 e. The zero-order valence-electron chi connectivity index (χ0n) is 4.01. The van der Waals surface area contributed by atoms with E-state index in [1.807, 2.05) is 0 Å². The first kappa shape index (κ1) is 8.57. The molecule has 0 N–H and O–H groups in total. The molecule has 0 unspecified atom stereocenters. The molecule has 0 saturated carbocycles. The van der Waals surface area contributed by atoms with Gasteiger partial charge in [-0.05, 0) is 0 Å². The lowest BCUT2D eigenvalue weighted by Crippen LogP contribution is -2.12. The lowest BCUT2D eigenvalue weighted by atomic mass is 10.9. The normalized spacial score (nSPS) is 11.0. The lowest BCUT2D eigenvalue weighted by Gasteiger charge is -1.82. The van der Waals surface area contributed by atoms with Crippen molar-refractivity contribution in [2.24, 2.45) is 0 Å². The predicted molar refractivity (Wildman–Crippen MR) is 30.1 cm³/mol. The van der Waals surface area contributed by atoms with Gasteiger partial charge in [0.25, 0.3) is 0 Å². The molecule has 0 bridgehead atoms. The Balaban J connectivity index is 4.55. The van der Waals surface area contributed by atoms with Gasteiger partial charge in [-0.15, -0.1) is 0 Å². The molecule has 0 amide bonds. The SMILES string of the molecule is O=[C]C([SH](=O)=O)[SH](=O)=O. The van der Waals surface area contributed by atoms with Crippen molar-refractivity contribution in [1.82, 2.24) is 0 Å². The van der Waals surface area contributed by atoms with Crippen LogP contribution in [0.15, 0.2) is 0 Å². The van der Waals surface area contributed by atoms with Crippen LogP contribution in [0.5, 0.6) is 0 Å². The van der Waals surface area contributed by atoms with Crippen molar-refractivity contribution < 1.29 is 21.6 Å². The third kappa shape index (κ3) is 2.56. The van der Waals surface area contributed by atoms with E-state index in [1.54, 1.807) is 0 Å². The van der Waals surface area contributed by atoms with Crippen molar-refractivity contribution in [2.75, 3.05) is 0 Å². The average Bonchev–Trinajstić information content (AvgIpc) is 1.64. The summed E-state index contributed by atoms with van der Waals surface area (Å²) in [6, 6.07) is 0. The molecule has 5 nitrogen and oxygen atoms in total. The lowest BCUT2D eigenvalue weighted by molar-refractivity contribution is 0.553. The Bertz CT molecular complexity index is 197. The van der Waals surface area contributed by atoms with Crippen LogP contribution in [0, 0.1) is 0 Å². The van der Waals surface area contributed by atoms with E-state index in [9.17, 15) is 21.6 Å². The van der Waals surface area contributed by atoms with Gasteiger partial charge in [-0.2, -0.15) is 0 Å². The summed E-state index contributed by atoms with van der Waals surface area (Å²) in [5, 5.41) is 0. The van der Waals surface area contributed by atoms with Gasteiger partial charge in [-0.3, -0.25) is 4.79 Å². The number of carbonyl (C=O) groups excluding carboxylic acids is 1. The van der Waals surface area contributed by atoms with E-state index in [1.165, 1.54) is 0 Å². The highest BCUT2D eigenvalue weighted by Gasteiger charge is 2.13. The molecule has 0 aliphatic carbocycles. The van der Waals surface area contributed by atoms with E-state index in [4.69, 9.17) is 0 Å². The van der Waals surface area contributed by atoms with E-state index >= 15 is 0 Å². The van der Waals surface area contributed by atoms with Crippen LogP contribution in [0.4, 0.5) is 0 Å². The fourth-order valence-corrected chi connectivity index (χ4v) is 0.951. The van der Waals surface area contributed by atoms with Crippen molar-refractivity contribution in [3.05, 3.63) is 0 Å². The van der Waals surface area contributed by atoms with Gasteiger partial charge in [0.15, 0.2) is 21.4 Å². The summed E-state index contributed by atoms with van der Waals surface area (Å²) in [6.45, 7) is 0. The summed E-state index contributed by atoms with van der Waals surface area (Å²) in [5.74, 6) is 0. The fraction of sp³-hybridized carbons (Fsp3) is 0.500. The molecule has 0 aromatic carbocycles. The summed E-state index contributed by atoms with van der Waals surface area (Å²) < 4.78 is 37.1. The highest BCUT2D eigenvalue weighted by atomic mass is 32.2. The van der Waals surface area contributed by atoms with Gasteiger partial charge < -0.3 is 0 Å². The Kier molecular flexibility index (Phi) is 3.40. The van der Waals surface area contributed by atoms with Gasteiger partial charge >= 0.3 is 0 Å². The van der Waals surface area contributed by atoms with Crippen LogP contribution in [-0.2, 0) is 26.2 Å². The highest BCUT2D eigenvalue weighted by molar-refractivity contribution is 7.92. The first-order valence-electron chi connectivity index (χ1n) is 1.74. The summed E-state index contributed by atoms with van der Waals surface area (Å²) in [4.78, 5) is 9.50. The summed E-state index contributed by atoms with van der Waals surface area (Å²) in [6.07, 6.45) is 0.859. The minimum absolute atomic E-state index is 0.859. The number of rotatable bonds is 3. The van der Waals surface area contributed by atoms with Crippen LogP contribution in [0.1, 0.15) is 0 Å². The van der Waals surface area contributed by atoms with E-state index in [2.05, 4.69) is 0 Å². The van der Waals surface area contributed by atoms with Gasteiger partial charge in [-0.1, -0.05) is 0 Å². The van der Waals surface area contributed by atoms with Gasteiger partial charge in [0.2, 0.25) is 10.9 Å². The van der Waals surface area contributed by atoms with Crippen LogP contribution in [0.2, 0.25) is 0 Å². The van der Waals surface area contributed by atoms with Gasteiger partial charge in [0.05, 0.1) is 0 Å². The molecule has 0 spiro atoms. The van der Waals surface area contributed by atoms with E-state index in [0.717, 1.165) is 6.29 Å². The molecule has 53 valence electrons. The second-order valence-electron chi connectivity index (χ2n) is 1.06. The van der Waals surface area contributed by atoms with Crippen molar-refractivity contribution in [3.63, 3.8) is 0 Å². The molecule has 0 rings (SSSR count). The number of hydrogen-bond donors (Lipinski definition) is 2. The van der Waals surface area contributed by atoms with Crippen molar-refractivity contribution in [3.8, 4) is 0 Å². The molecule has 7 heteroatoms. The maximum Gasteiger partial charge on any atom is 0.233 e. The number of hydrogen-bond acceptors (Lipinski definition) is 5. The van der Waals surface area contributed by atoms with Gasteiger partial charge in [0, 0.05) is 0 Å². The van der Waals surface area contributed by atoms with Gasteiger partial charge in [0.1, 0.15) is 0 Å². The maximum absolute atomic E-state index is 9.76. The Morgan fingerprint density at radius 2 is 1.33 bits per heavy atom. The second kappa shape index (κ2) is 3.57. The smallest absolute Gasteiger partial charge is 0.233 e. The summed E-state index contributed by atoms with van der Waals surface area (Å²) >= 11 is 0. The highest BCUT2D eigenvalue weighted by Crippen LogP contribution is 1.82. The van der Waals surface area contributed by atoms with E-state index in [-0.39, 0.29) is 0 Å². The molecule has 0 aliphatic heterocycles. The average molecular weight is 171 g/mol. The fourth-order valence-electron chi connectivity index (χ4n) is 0.163. The Labute approximate surface area is 54.6 Å². The standard InChI is InChI=1S/C2H3O5S2/c3-1-2(8(4)5)9(6)7/h2,8-9H. The predicted octanol–water partition coefficient (Wildman–Crippen LogP) is -2.35. The molecule has 0 aromatic rings. The molecule has 0 atom stereocenters. The van der Waals surface area contributed by atoms with Crippen LogP contribution >= 0.6 is 0 Å². The Hall–Kier alpha value is -0.430. The largest absolute Gasteiger partial charge is 0.288 e. The summed E-state index contributed by atoms with van der Waals surface area (Å²) in [7, 11) is -6.45. The van der Waals surface area contributed by atoms with E-state index in [0.29, 0.717) is 0 Å². The molecular weight excluding hydrogens is 168 g/mol. The molecule has 0 aliphatic rings. The molecule has 0 aromatic heterocycles. The van der Waals surface area contributed by atoms with Gasteiger partial charge in [-0.25, -0.2) is 16.8 Å². The van der Waals surface area contributed by atoms with Crippen molar-refractivity contribution in [1.29, 1.82) is 0 Å². The quantitative estimate of drug-likeness (QED) is 0.464. The molecule has 0 fully saturated rings. The maximum atomic E-state index is 9.76. The molecule has 9 heavy (non-hydrogen) atoms. The van der Waals surface area contributed by atoms with Crippen molar-refractivity contribution >= 4 is 27.7 Å². The third-order valence-corrected chi connectivity index (χ3v) is 2.65. The molecule has 0 saturated heterocycles. The first-order valence-corrected chi connectivity index (χ1v) is 4.23. The monoisotopic (exact) mass is 171 g/mol. The van der Waals surface area contributed by atoms with Crippen LogP contribution in [-0.4, -0.2) is 27.7 Å².